The molecule has 0 aromatic rings. The highest BCUT2D eigenvalue weighted by Gasteiger charge is 2.20. The lowest BCUT2D eigenvalue weighted by Gasteiger charge is -2.22. The normalized spacial score (nSPS) is 16.6. The molecule has 1 N–H and O–H groups in total. The molecular formula is C11H21N3. The fourth-order valence-corrected chi connectivity index (χ4v) is 1.27. The third-order valence-corrected chi connectivity index (χ3v) is 2.69. The number of amidine groups is 2. The van der Waals surface area contributed by atoms with E-state index < -0.39 is 0 Å². The molecule has 0 amide bonds. The van der Waals surface area contributed by atoms with Gasteiger partial charge in [0.15, 0.2) is 0 Å². The van der Waals surface area contributed by atoms with Crippen LogP contribution in [0.3, 0.4) is 0 Å². The second kappa shape index (κ2) is 5.68. The van der Waals surface area contributed by atoms with Gasteiger partial charge in [-0.05, 0) is 25.5 Å². The van der Waals surface area contributed by atoms with Crippen molar-refractivity contribution in [1.82, 2.24) is 0 Å². The van der Waals surface area contributed by atoms with Crippen molar-refractivity contribution in [2.45, 2.75) is 34.6 Å². The number of nitrogens with zero attached hydrogens (tertiary/aromatic N) is 2. The Morgan fingerprint density at radius 2 is 1.71 bits per heavy atom. The first kappa shape index (κ1) is 13.0. The first-order chi connectivity index (χ1) is 6.40. The Morgan fingerprint density at radius 1 is 1.21 bits per heavy atom. The highest BCUT2D eigenvalue weighted by atomic mass is 14.9. The van der Waals surface area contributed by atoms with Crippen LogP contribution in [0.25, 0.3) is 0 Å². The molecule has 3 heteroatoms. The summed E-state index contributed by atoms with van der Waals surface area (Å²) in [6.07, 6.45) is 0. The van der Waals surface area contributed by atoms with Crippen molar-refractivity contribution in [2.24, 2.45) is 27.7 Å². The average Bonchev–Trinajstić information content (AvgIpc) is 2.11. The first-order valence-corrected chi connectivity index (χ1v) is 5.00. The Bertz CT molecular complexity index is 241. The molecule has 0 bridgehead atoms. The molecule has 0 aliphatic rings. The molecule has 0 radical (unpaired) electrons. The summed E-state index contributed by atoms with van der Waals surface area (Å²) in [5.41, 5.74) is 0. The van der Waals surface area contributed by atoms with E-state index in [9.17, 15) is 0 Å². The molecular weight excluding hydrogens is 174 g/mol. The fourth-order valence-electron chi connectivity index (χ4n) is 1.27. The molecule has 0 unspecified atom stereocenters. The second-order valence-electron chi connectivity index (χ2n) is 4.11. The summed E-state index contributed by atoms with van der Waals surface area (Å²) in [6, 6.07) is 0. The van der Waals surface area contributed by atoms with Gasteiger partial charge in [-0.1, -0.05) is 27.7 Å². The molecule has 3 nitrogen and oxygen atoms in total. The minimum Gasteiger partial charge on any atom is -0.287 e. The van der Waals surface area contributed by atoms with Crippen molar-refractivity contribution in [2.75, 3.05) is 0 Å². The molecule has 0 aliphatic heterocycles. The predicted octanol–water partition coefficient (Wildman–Crippen LogP) is 3.01. The quantitative estimate of drug-likeness (QED) is 0.531. The van der Waals surface area contributed by atoms with E-state index in [1.807, 2.05) is 0 Å². The number of aliphatic imine (C=N–C) groups is 2. The van der Waals surface area contributed by atoms with Gasteiger partial charge in [-0.3, -0.25) is 5.41 Å². The Balaban J connectivity index is 4.70. The molecule has 0 heterocycles. The molecule has 0 spiro atoms. The summed E-state index contributed by atoms with van der Waals surface area (Å²) < 4.78 is 0. The van der Waals surface area contributed by atoms with Crippen LogP contribution in [0, 0.1) is 23.2 Å². The van der Waals surface area contributed by atoms with E-state index in [-0.39, 0.29) is 11.8 Å². The van der Waals surface area contributed by atoms with Gasteiger partial charge in [0.25, 0.3) is 0 Å². The Labute approximate surface area is 86.9 Å². The fraction of sp³-hybridized carbons (Fsp3) is 0.727. The van der Waals surface area contributed by atoms with E-state index in [2.05, 4.69) is 44.4 Å². The monoisotopic (exact) mass is 195 g/mol. The van der Waals surface area contributed by atoms with Crippen LogP contribution >= 0.6 is 0 Å². The van der Waals surface area contributed by atoms with Crippen molar-refractivity contribution >= 4 is 18.4 Å². The van der Waals surface area contributed by atoms with Gasteiger partial charge in [0.05, 0.1) is 0 Å². The SMILES string of the molecule is C=NC(=NC(C)=N)[C@@H](C)[C@H](C)C(C)C. The zero-order chi connectivity index (χ0) is 11.3. The van der Waals surface area contributed by atoms with Crippen LogP contribution in [-0.2, 0) is 0 Å². The van der Waals surface area contributed by atoms with Gasteiger partial charge in [0.2, 0.25) is 0 Å². The van der Waals surface area contributed by atoms with Crippen LogP contribution in [0.2, 0.25) is 0 Å². The van der Waals surface area contributed by atoms with Crippen LogP contribution in [0.1, 0.15) is 34.6 Å². The molecule has 0 fully saturated rings. The lowest BCUT2D eigenvalue weighted by atomic mass is 9.85. The van der Waals surface area contributed by atoms with E-state index in [1.165, 1.54) is 0 Å². The van der Waals surface area contributed by atoms with Crippen LogP contribution in [0.15, 0.2) is 9.98 Å². The van der Waals surface area contributed by atoms with Gasteiger partial charge >= 0.3 is 0 Å². The predicted molar refractivity (Wildman–Crippen MR) is 63.6 cm³/mol. The Morgan fingerprint density at radius 3 is 2.00 bits per heavy atom. The highest BCUT2D eigenvalue weighted by Crippen LogP contribution is 2.21. The Kier molecular flexibility index (Phi) is 5.28. The minimum atomic E-state index is 0.257. The number of hydrogen-bond donors (Lipinski definition) is 1. The Hall–Kier alpha value is -0.990. The molecule has 0 aliphatic carbocycles. The zero-order valence-corrected chi connectivity index (χ0v) is 9.83. The van der Waals surface area contributed by atoms with Gasteiger partial charge in [0.1, 0.15) is 11.7 Å². The lowest BCUT2D eigenvalue weighted by Crippen LogP contribution is -2.22. The van der Waals surface area contributed by atoms with Gasteiger partial charge in [0, 0.05) is 5.92 Å². The highest BCUT2D eigenvalue weighted by molar-refractivity contribution is 5.97. The molecule has 2 atom stereocenters. The van der Waals surface area contributed by atoms with Gasteiger partial charge in [-0.25, -0.2) is 9.98 Å². The summed E-state index contributed by atoms with van der Waals surface area (Å²) >= 11 is 0. The van der Waals surface area contributed by atoms with Crippen LogP contribution in [-0.4, -0.2) is 18.4 Å². The van der Waals surface area contributed by atoms with Crippen molar-refractivity contribution in [1.29, 1.82) is 5.41 Å². The van der Waals surface area contributed by atoms with Gasteiger partial charge < -0.3 is 0 Å². The summed E-state index contributed by atoms with van der Waals surface area (Å²) in [7, 11) is 0. The summed E-state index contributed by atoms with van der Waals surface area (Å²) in [4.78, 5) is 7.96. The number of rotatable bonds is 3. The van der Waals surface area contributed by atoms with Crippen LogP contribution < -0.4 is 0 Å². The molecule has 0 saturated carbocycles. The molecule has 0 rings (SSSR count). The average molecular weight is 195 g/mol. The molecule has 0 aromatic heterocycles. The van der Waals surface area contributed by atoms with E-state index in [0.717, 1.165) is 0 Å². The smallest absolute Gasteiger partial charge is 0.132 e. The maximum atomic E-state index is 7.29. The topological polar surface area (TPSA) is 48.6 Å². The van der Waals surface area contributed by atoms with Crippen LogP contribution in [0.4, 0.5) is 0 Å². The third-order valence-electron chi connectivity index (χ3n) is 2.69. The van der Waals surface area contributed by atoms with Crippen LogP contribution in [0.5, 0.6) is 0 Å². The molecule has 14 heavy (non-hydrogen) atoms. The summed E-state index contributed by atoms with van der Waals surface area (Å²) in [5.74, 6) is 2.31. The van der Waals surface area contributed by atoms with Crippen molar-refractivity contribution in [3.63, 3.8) is 0 Å². The molecule has 0 saturated heterocycles. The zero-order valence-electron chi connectivity index (χ0n) is 9.83. The number of nitrogens with one attached hydrogen (secondary N) is 1. The lowest BCUT2D eigenvalue weighted by molar-refractivity contribution is 0.357. The standard InChI is InChI=1S/C11H21N3/c1-7(2)8(3)9(4)11(13-6)14-10(5)12/h7-9,12H,6H2,1-5H3/t8-,9+/m1/s1. The third kappa shape index (κ3) is 3.81. The summed E-state index contributed by atoms with van der Waals surface area (Å²) in [5, 5.41) is 7.29. The first-order valence-electron chi connectivity index (χ1n) is 5.00. The number of hydrogen-bond acceptors (Lipinski definition) is 1. The maximum absolute atomic E-state index is 7.29. The van der Waals surface area contributed by atoms with Gasteiger partial charge in [-0.2, -0.15) is 0 Å². The van der Waals surface area contributed by atoms with E-state index >= 15 is 0 Å². The summed E-state index contributed by atoms with van der Waals surface area (Å²) in [6.45, 7) is 13.8. The minimum absolute atomic E-state index is 0.257. The van der Waals surface area contributed by atoms with Gasteiger partial charge in [-0.15, -0.1) is 0 Å². The largest absolute Gasteiger partial charge is 0.287 e. The molecule has 80 valence electrons. The van der Waals surface area contributed by atoms with E-state index in [0.29, 0.717) is 17.7 Å². The van der Waals surface area contributed by atoms with Crippen molar-refractivity contribution in [3.05, 3.63) is 0 Å². The van der Waals surface area contributed by atoms with E-state index in [1.54, 1.807) is 6.92 Å². The van der Waals surface area contributed by atoms with E-state index in [4.69, 9.17) is 5.41 Å². The van der Waals surface area contributed by atoms with Crippen molar-refractivity contribution in [3.8, 4) is 0 Å². The molecule has 0 aromatic carbocycles. The second-order valence-corrected chi connectivity index (χ2v) is 4.11. The maximum Gasteiger partial charge on any atom is 0.132 e. The van der Waals surface area contributed by atoms with Crippen molar-refractivity contribution < 1.29 is 0 Å².